The van der Waals surface area contributed by atoms with Crippen LogP contribution in [0.4, 0.5) is 0 Å². The van der Waals surface area contributed by atoms with Crippen molar-refractivity contribution in [2.24, 2.45) is 0 Å². The predicted molar refractivity (Wildman–Crippen MR) is 104 cm³/mol. The van der Waals surface area contributed by atoms with Gasteiger partial charge in [-0.05, 0) is 35.0 Å². The third kappa shape index (κ3) is 6.15. The van der Waals surface area contributed by atoms with E-state index in [1.807, 2.05) is 42.5 Å². The Bertz CT molecular complexity index is 756. The predicted octanol–water partition coefficient (Wildman–Crippen LogP) is 2.98. The van der Waals surface area contributed by atoms with Crippen LogP contribution in [0.3, 0.4) is 0 Å². The molecule has 0 aromatic heterocycles. The standard InChI is InChI=1S/C19H23N3O2S/c1-2-3-4-12-17(23)20-19(25)22-21-18(24)13-15-10-7-9-14-8-5-6-11-16(14)15/h5-11H,2-4,12-13H2,1H3,(H,21,24)(H2,20,22,23,25). The van der Waals surface area contributed by atoms with Crippen LogP contribution >= 0.6 is 12.2 Å². The van der Waals surface area contributed by atoms with E-state index >= 15 is 0 Å². The number of unbranched alkanes of at least 4 members (excludes halogenated alkanes) is 2. The fourth-order valence-corrected chi connectivity index (χ4v) is 2.71. The molecule has 6 heteroatoms. The Balaban J connectivity index is 1.80. The van der Waals surface area contributed by atoms with Crippen LogP contribution in [0.25, 0.3) is 10.8 Å². The van der Waals surface area contributed by atoms with Crippen molar-refractivity contribution in [2.45, 2.75) is 39.0 Å². The molecular formula is C19H23N3O2S. The molecule has 0 saturated heterocycles. The molecule has 0 aliphatic heterocycles. The first-order valence-electron chi connectivity index (χ1n) is 8.45. The molecule has 0 aliphatic rings. The molecule has 2 amide bonds. The minimum atomic E-state index is -0.223. The van der Waals surface area contributed by atoms with Gasteiger partial charge in [0.25, 0.3) is 0 Å². The SMILES string of the molecule is CCCCCC(=O)NC(=S)NNC(=O)Cc1cccc2ccccc12. The highest BCUT2D eigenvalue weighted by molar-refractivity contribution is 7.80. The van der Waals surface area contributed by atoms with E-state index in [2.05, 4.69) is 23.1 Å². The Morgan fingerprint density at radius 3 is 2.52 bits per heavy atom. The number of rotatable bonds is 6. The van der Waals surface area contributed by atoms with Crippen molar-refractivity contribution >= 4 is 39.9 Å². The Labute approximate surface area is 153 Å². The lowest BCUT2D eigenvalue weighted by Gasteiger charge is -2.11. The van der Waals surface area contributed by atoms with Gasteiger partial charge in [0, 0.05) is 6.42 Å². The molecule has 0 heterocycles. The Morgan fingerprint density at radius 1 is 0.960 bits per heavy atom. The van der Waals surface area contributed by atoms with Crippen molar-refractivity contribution in [3.63, 3.8) is 0 Å². The molecule has 25 heavy (non-hydrogen) atoms. The summed E-state index contributed by atoms with van der Waals surface area (Å²) in [6.07, 6.45) is 3.55. The summed E-state index contributed by atoms with van der Waals surface area (Å²) in [5, 5.41) is 4.80. The van der Waals surface area contributed by atoms with E-state index in [1.54, 1.807) is 0 Å². The molecule has 3 N–H and O–H groups in total. The molecule has 0 radical (unpaired) electrons. The number of carbonyl (C=O) groups is 2. The average molecular weight is 357 g/mol. The van der Waals surface area contributed by atoms with Gasteiger partial charge in [0.15, 0.2) is 5.11 Å². The highest BCUT2D eigenvalue weighted by Crippen LogP contribution is 2.18. The van der Waals surface area contributed by atoms with Gasteiger partial charge in [-0.1, -0.05) is 62.2 Å². The number of benzene rings is 2. The first kappa shape index (κ1) is 18.9. The second kappa shape index (κ2) is 9.74. The Hall–Kier alpha value is -2.47. The highest BCUT2D eigenvalue weighted by Gasteiger charge is 2.08. The Kier molecular flexibility index (Phi) is 7.35. The maximum Gasteiger partial charge on any atom is 0.242 e. The largest absolute Gasteiger partial charge is 0.302 e. The van der Waals surface area contributed by atoms with Gasteiger partial charge in [0.05, 0.1) is 6.42 Å². The first-order chi connectivity index (χ1) is 12.1. The number of carbonyl (C=O) groups excluding carboxylic acids is 2. The molecule has 0 saturated carbocycles. The number of hydrogen-bond acceptors (Lipinski definition) is 3. The topological polar surface area (TPSA) is 70.2 Å². The molecule has 0 atom stereocenters. The minimum absolute atomic E-state index is 0.104. The molecule has 132 valence electrons. The number of hydrogen-bond donors (Lipinski definition) is 3. The number of nitrogens with one attached hydrogen (secondary N) is 3. The molecular weight excluding hydrogens is 334 g/mol. The van der Waals surface area contributed by atoms with Crippen molar-refractivity contribution in [2.75, 3.05) is 0 Å². The number of fused-ring (bicyclic) bond motifs is 1. The first-order valence-corrected chi connectivity index (χ1v) is 8.86. The highest BCUT2D eigenvalue weighted by atomic mass is 32.1. The van der Waals surface area contributed by atoms with Gasteiger partial charge in [-0.25, -0.2) is 0 Å². The maximum absolute atomic E-state index is 12.1. The molecule has 0 bridgehead atoms. The normalized spacial score (nSPS) is 10.3. The van der Waals surface area contributed by atoms with Gasteiger partial charge in [0.1, 0.15) is 0 Å². The van der Waals surface area contributed by atoms with E-state index in [9.17, 15) is 9.59 Å². The van der Waals surface area contributed by atoms with E-state index in [-0.39, 0.29) is 23.3 Å². The molecule has 2 rings (SSSR count). The lowest BCUT2D eigenvalue weighted by atomic mass is 10.0. The van der Waals surface area contributed by atoms with Gasteiger partial charge < -0.3 is 5.32 Å². The molecule has 0 spiro atoms. The van der Waals surface area contributed by atoms with Crippen molar-refractivity contribution in [3.8, 4) is 0 Å². The van der Waals surface area contributed by atoms with Crippen molar-refractivity contribution in [1.82, 2.24) is 16.2 Å². The van der Waals surface area contributed by atoms with Crippen molar-refractivity contribution in [1.29, 1.82) is 0 Å². The monoisotopic (exact) mass is 357 g/mol. The quantitative estimate of drug-likeness (QED) is 0.422. The zero-order chi connectivity index (χ0) is 18.1. The van der Waals surface area contributed by atoms with Crippen LogP contribution in [0.15, 0.2) is 42.5 Å². The zero-order valence-electron chi connectivity index (χ0n) is 14.3. The second-order valence-electron chi connectivity index (χ2n) is 5.82. The summed E-state index contributed by atoms with van der Waals surface area (Å²) in [7, 11) is 0. The summed E-state index contributed by atoms with van der Waals surface area (Å²) >= 11 is 5.01. The van der Waals surface area contributed by atoms with Crippen LogP contribution in [-0.4, -0.2) is 16.9 Å². The minimum Gasteiger partial charge on any atom is -0.302 e. The third-order valence-electron chi connectivity index (χ3n) is 3.81. The van der Waals surface area contributed by atoms with Gasteiger partial charge in [-0.3, -0.25) is 20.4 Å². The van der Waals surface area contributed by atoms with Crippen LogP contribution in [0.1, 0.15) is 38.2 Å². The third-order valence-corrected chi connectivity index (χ3v) is 4.01. The van der Waals surface area contributed by atoms with Gasteiger partial charge in [-0.15, -0.1) is 0 Å². The maximum atomic E-state index is 12.1. The lowest BCUT2D eigenvalue weighted by Crippen LogP contribution is -2.48. The summed E-state index contributed by atoms with van der Waals surface area (Å²) in [6.45, 7) is 2.08. The van der Waals surface area contributed by atoms with E-state index in [1.165, 1.54) is 0 Å². The van der Waals surface area contributed by atoms with Gasteiger partial charge in [-0.2, -0.15) is 0 Å². The van der Waals surface area contributed by atoms with E-state index < -0.39 is 0 Å². The number of hydrazine groups is 1. The smallest absolute Gasteiger partial charge is 0.242 e. The second-order valence-corrected chi connectivity index (χ2v) is 6.23. The van der Waals surface area contributed by atoms with E-state index in [0.29, 0.717) is 6.42 Å². The summed E-state index contributed by atoms with van der Waals surface area (Å²) < 4.78 is 0. The van der Waals surface area contributed by atoms with Crippen LogP contribution in [0, 0.1) is 0 Å². The molecule has 2 aromatic carbocycles. The van der Waals surface area contributed by atoms with Crippen molar-refractivity contribution in [3.05, 3.63) is 48.0 Å². The fourth-order valence-electron chi connectivity index (χ4n) is 2.55. The van der Waals surface area contributed by atoms with Gasteiger partial charge >= 0.3 is 0 Å². The summed E-state index contributed by atoms with van der Waals surface area (Å²) in [5.41, 5.74) is 6.03. The van der Waals surface area contributed by atoms with Crippen LogP contribution in [-0.2, 0) is 16.0 Å². The number of amides is 2. The Morgan fingerprint density at radius 2 is 1.72 bits per heavy atom. The van der Waals surface area contributed by atoms with Crippen LogP contribution in [0.2, 0.25) is 0 Å². The molecule has 0 aliphatic carbocycles. The van der Waals surface area contributed by atoms with Gasteiger partial charge in [0.2, 0.25) is 11.8 Å². The lowest BCUT2D eigenvalue weighted by molar-refractivity contribution is -0.122. The van der Waals surface area contributed by atoms with Crippen molar-refractivity contribution < 1.29 is 9.59 Å². The summed E-state index contributed by atoms with van der Waals surface area (Å²) in [6, 6.07) is 13.8. The summed E-state index contributed by atoms with van der Waals surface area (Å²) in [4.78, 5) is 23.8. The zero-order valence-corrected chi connectivity index (χ0v) is 15.1. The van der Waals surface area contributed by atoms with Crippen LogP contribution in [0.5, 0.6) is 0 Å². The summed E-state index contributed by atoms with van der Waals surface area (Å²) in [5.74, 6) is -0.367. The molecule has 2 aromatic rings. The molecule has 5 nitrogen and oxygen atoms in total. The number of thiocarbonyl (C=S) groups is 1. The molecule has 0 unspecified atom stereocenters. The average Bonchev–Trinajstić information content (AvgIpc) is 2.60. The van der Waals surface area contributed by atoms with E-state index in [4.69, 9.17) is 12.2 Å². The van der Waals surface area contributed by atoms with E-state index in [0.717, 1.165) is 35.6 Å². The fraction of sp³-hybridized carbons (Fsp3) is 0.316. The molecule has 0 fully saturated rings. The van der Waals surface area contributed by atoms with Crippen LogP contribution < -0.4 is 16.2 Å².